The van der Waals surface area contributed by atoms with Crippen LogP contribution in [0.4, 0.5) is 0 Å². The van der Waals surface area contributed by atoms with E-state index in [9.17, 15) is 0 Å². The second-order valence-corrected chi connectivity index (χ2v) is 9.62. The molecule has 0 spiro atoms. The van der Waals surface area contributed by atoms with Crippen molar-refractivity contribution in [3.05, 3.63) is 19.2 Å². The summed E-state index contributed by atoms with van der Waals surface area (Å²) in [4.78, 5) is 0. The van der Waals surface area contributed by atoms with Gasteiger partial charge in [-0.3, -0.25) is 0 Å². The Hall–Kier alpha value is 0.620. The molecule has 0 bridgehead atoms. The summed E-state index contributed by atoms with van der Waals surface area (Å²) in [5, 5.41) is 3.74. The van der Waals surface area contributed by atoms with Crippen LogP contribution in [-0.4, -0.2) is 6.54 Å². The first-order valence-electron chi connectivity index (χ1n) is 7.88. The molecule has 1 atom stereocenters. The van der Waals surface area contributed by atoms with Gasteiger partial charge in [-0.1, -0.05) is 39.0 Å². The quantitative estimate of drug-likeness (QED) is 0.516. The molecule has 1 heterocycles. The molecule has 1 nitrogen and oxygen atoms in total. The van der Waals surface area contributed by atoms with E-state index in [4.69, 9.17) is 0 Å². The highest BCUT2D eigenvalue weighted by atomic mass is 79.9. The first kappa shape index (κ1) is 17.0. The van der Waals surface area contributed by atoms with Crippen LogP contribution < -0.4 is 5.32 Å². The lowest BCUT2D eigenvalue weighted by atomic mass is 9.84. The Labute approximate surface area is 144 Å². The van der Waals surface area contributed by atoms with Gasteiger partial charge >= 0.3 is 0 Å². The van der Waals surface area contributed by atoms with Gasteiger partial charge in [0.2, 0.25) is 0 Å². The predicted octanol–water partition coefficient (Wildman–Crippen LogP) is 6.67. The van der Waals surface area contributed by atoms with Gasteiger partial charge in [-0.25, -0.2) is 0 Å². The normalized spacial score (nSPS) is 18.4. The molecule has 1 saturated carbocycles. The lowest BCUT2D eigenvalue weighted by molar-refractivity contribution is 0.314. The summed E-state index contributed by atoms with van der Waals surface area (Å²) in [7, 11) is 0. The van der Waals surface area contributed by atoms with Crippen LogP contribution in [0, 0.1) is 5.92 Å². The van der Waals surface area contributed by atoms with Gasteiger partial charge in [-0.2, -0.15) is 0 Å². The molecule has 1 N–H and O–H groups in total. The maximum absolute atomic E-state index is 3.74. The highest BCUT2D eigenvalue weighted by molar-refractivity contribution is 9.12. The average Bonchev–Trinajstić information content (AvgIpc) is 2.79. The van der Waals surface area contributed by atoms with Crippen LogP contribution in [0.15, 0.2) is 13.6 Å². The second kappa shape index (κ2) is 8.92. The third kappa shape index (κ3) is 5.11. The predicted molar refractivity (Wildman–Crippen MR) is 96.6 cm³/mol. The van der Waals surface area contributed by atoms with Crippen molar-refractivity contribution < 1.29 is 0 Å². The minimum atomic E-state index is 0.508. The lowest BCUT2D eigenvalue weighted by Crippen LogP contribution is -2.23. The fourth-order valence-electron chi connectivity index (χ4n) is 3.15. The molecule has 1 aliphatic carbocycles. The Bertz CT molecular complexity index is 399. The Kier molecular flexibility index (Phi) is 7.57. The molecule has 114 valence electrons. The van der Waals surface area contributed by atoms with Gasteiger partial charge < -0.3 is 5.32 Å². The number of hydrogen-bond donors (Lipinski definition) is 1. The molecule has 0 aliphatic heterocycles. The monoisotopic (exact) mass is 421 g/mol. The molecule has 1 aliphatic rings. The van der Waals surface area contributed by atoms with E-state index in [1.807, 2.05) is 0 Å². The molecule has 1 aromatic rings. The molecule has 1 unspecified atom stereocenters. The van der Waals surface area contributed by atoms with Crippen LogP contribution >= 0.6 is 43.2 Å². The zero-order valence-corrected chi connectivity index (χ0v) is 16.2. The molecule has 0 radical (unpaired) electrons. The zero-order valence-electron chi connectivity index (χ0n) is 12.3. The first-order chi connectivity index (χ1) is 9.70. The van der Waals surface area contributed by atoms with Gasteiger partial charge in [0.25, 0.3) is 0 Å². The van der Waals surface area contributed by atoms with Crippen molar-refractivity contribution in [3.63, 3.8) is 0 Å². The first-order valence-corrected chi connectivity index (χ1v) is 10.3. The Balaban J connectivity index is 1.94. The number of hydrogen-bond acceptors (Lipinski definition) is 2. The maximum atomic E-state index is 3.74. The Morgan fingerprint density at radius 1 is 1.30 bits per heavy atom. The number of halogens is 2. The molecule has 20 heavy (non-hydrogen) atoms. The summed E-state index contributed by atoms with van der Waals surface area (Å²) in [6.45, 7) is 3.35. The molecule has 1 fully saturated rings. The molecule has 0 aromatic carbocycles. The van der Waals surface area contributed by atoms with Crippen LogP contribution in [0.25, 0.3) is 0 Å². The average molecular weight is 423 g/mol. The summed E-state index contributed by atoms with van der Waals surface area (Å²) in [6.07, 6.45) is 11.1. The van der Waals surface area contributed by atoms with Gasteiger partial charge in [0.15, 0.2) is 0 Å². The van der Waals surface area contributed by atoms with E-state index in [0.29, 0.717) is 6.04 Å². The third-order valence-corrected chi connectivity index (χ3v) is 6.67. The molecule has 0 saturated heterocycles. The van der Waals surface area contributed by atoms with E-state index < -0.39 is 0 Å². The topological polar surface area (TPSA) is 12.0 Å². The fourth-order valence-corrected chi connectivity index (χ4v) is 6.13. The van der Waals surface area contributed by atoms with Crippen LogP contribution in [0.5, 0.6) is 0 Å². The van der Waals surface area contributed by atoms with Gasteiger partial charge in [0.05, 0.1) is 7.57 Å². The van der Waals surface area contributed by atoms with Crippen LogP contribution in [0.1, 0.15) is 69.9 Å². The van der Waals surface area contributed by atoms with Gasteiger partial charge in [0.1, 0.15) is 0 Å². The van der Waals surface area contributed by atoms with E-state index in [1.54, 1.807) is 11.3 Å². The van der Waals surface area contributed by atoms with Crippen LogP contribution in [-0.2, 0) is 0 Å². The standard InChI is InChI=1S/C16H25Br2NS/c1-2-10-19-14(13-11-15(17)20-16(13)18)9-8-12-6-4-3-5-7-12/h11-12,14,19H,2-10H2,1H3. The smallest absolute Gasteiger partial charge is 0.0758 e. The van der Waals surface area contributed by atoms with Gasteiger partial charge in [-0.15, -0.1) is 11.3 Å². The SMILES string of the molecule is CCCNC(CCC1CCCCC1)c1cc(Br)sc1Br. The van der Waals surface area contributed by atoms with Crippen LogP contribution in [0.3, 0.4) is 0 Å². The van der Waals surface area contributed by atoms with E-state index in [1.165, 1.54) is 64.5 Å². The van der Waals surface area contributed by atoms with E-state index >= 15 is 0 Å². The Morgan fingerprint density at radius 3 is 2.65 bits per heavy atom. The molecule has 2 rings (SSSR count). The minimum Gasteiger partial charge on any atom is -0.310 e. The summed E-state index contributed by atoms with van der Waals surface area (Å²) in [5.74, 6) is 0.968. The number of thiophene rings is 1. The lowest BCUT2D eigenvalue weighted by Gasteiger charge is -2.25. The third-order valence-electron chi connectivity index (χ3n) is 4.29. The van der Waals surface area contributed by atoms with Gasteiger partial charge in [0, 0.05) is 6.04 Å². The molecule has 4 heteroatoms. The maximum Gasteiger partial charge on any atom is 0.0758 e. The van der Waals surface area contributed by atoms with E-state index in [-0.39, 0.29) is 0 Å². The molecule has 1 aromatic heterocycles. The van der Waals surface area contributed by atoms with E-state index in [2.05, 4.69) is 50.2 Å². The van der Waals surface area contributed by atoms with Crippen molar-refractivity contribution in [1.29, 1.82) is 0 Å². The van der Waals surface area contributed by atoms with Crippen LogP contribution in [0.2, 0.25) is 0 Å². The van der Waals surface area contributed by atoms with Crippen molar-refractivity contribution in [2.45, 2.75) is 64.3 Å². The second-order valence-electron chi connectivity index (χ2n) is 5.87. The van der Waals surface area contributed by atoms with Gasteiger partial charge in [-0.05, 0) is 75.2 Å². The van der Waals surface area contributed by atoms with E-state index in [0.717, 1.165) is 12.5 Å². The summed E-state index contributed by atoms with van der Waals surface area (Å²) in [6, 6.07) is 2.79. The summed E-state index contributed by atoms with van der Waals surface area (Å²) in [5.41, 5.74) is 1.44. The van der Waals surface area contributed by atoms with Crippen molar-refractivity contribution in [1.82, 2.24) is 5.32 Å². The fraction of sp³-hybridized carbons (Fsp3) is 0.750. The number of nitrogens with one attached hydrogen (secondary N) is 1. The van der Waals surface area contributed by atoms with Crippen molar-refractivity contribution in [2.24, 2.45) is 5.92 Å². The Morgan fingerprint density at radius 2 is 2.05 bits per heavy atom. The van der Waals surface area contributed by atoms with Crippen molar-refractivity contribution in [3.8, 4) is 0 Å². The zero-order chi connectivity index (χ0) is 14.4. The largest absolute Gasteiger partial charge is 0.310 e. The minimum absolute atomic E-state index is 0.508. The van der Waals surface area contributed by atoms with Crippen molar-refractivity contribution >= 4 is 43.2 Å². The number of rotatable bonds is 7. The highest BCUT2D eigenvalue weighted by Gasteiger charge is 2.20. The molecular formula is C16H25Br2NS. The molecule has 0 amide bonds. The summed E-state index contributed by atoms with van der Waals surface area (Å²) < 4.78 is 2.50. The highest BCUT2D eigenvalue weighted by Crippen LogP contribution is 2.38. The van der Waals surface area contributed by atoms with Crippen molar-refractivity contribution in [2.75, 3.05) is 6.54 Å². The summed E-state index contributed by atoms with van der Waals surface area (Å²) >= 11 is 9.12. The molecular weight excluding hydrogens is 398 g/mol.